The first kappa shape index (κ1) is 16.4. The molecule has 0 heterocycles. The predicted molar refractivity (Wildman–Crippen MR) is 83.2 cm³/mol. The number of anilines is 1. The van der Waals surface area contributed by atoms with Crippen molar-refractivity contribution in [2.45, 2.75) is 26.4 Å². The van der Waals surface area contributed by atoms with E-state index in [2.05, 4.69) is 5.32 Å². The van der Waals surface area contributed by atoms with Crippen molar-refractivity contribution < 1.29 is 9.53 Å². The number of hydrogen-bond donors (Lipinski definition) is 1. The monoisotopic (exact) mass is 296 g/mol. The Morgan fingerprint density at radius 2 is 1.95 bits per heavy atom. The number of likely N-dealkylation sites (N-methyl/N-ethyl adjacent to an activating group) is 1. The lowest BCUT2D eigenvalue weighted by Crippen LogP contribution is -2.29. The molecular weight excluding hydrogens is 276 g/mol. The summed E-state index contributed by atoms with van der Waals surface area (Å²) in [6, 6.07) is 7.57. The Morgan fingerprint density at radius 3 is 2.50 bits per heavy atom. The van der Waals surface area contributed by atoms with Gasteiger partial charge in [-0.3, -0.25) is 5.32 Å². The van der Waals surface area contributed by atoms with Gasteiger partial charge in [0.05, 0.1) is 0 Å². The highest BCUT2D eigenvalue weighted by molar-refractivity contribution is 6.30. The van der Waals surface area contributed by atoms with Crippen LogP contribution in [0.1, 0.15) is 20.8 Å². The number of carbonyl (C=O) groups is 1. The number of carbonyl (C=O) groups excluding carboxylic acids is 1. The molecule has 0 fully saturated rings. The van der Waals surface area contributed by atoms with Gasteiger partial charge >= 0.3 is 6.09 Å². The van der Waals surface area contributed by atoms with Crippen LogP contribution >= 0.6 is 11.6 Å². The first-order chi connectivity index (χ1) is 9.28. The summed E-state index contributed by atoms with van der Waals surface area (Å²) in [5.74, 6) is 0. The summed E-state index contributed by atoms with van der Waals surface area (Å²) in [7, 11) is 1.96. The van der Waals surface area contributed by atoms with Gasteiger partial charge in [-0.1, -0.05) is 11.6 Å². The molecule has 4 nitrogen and oxygen atoms in total. The minimum Gasteiger partial charge on any atom is -0.444 e. The van der Waals surface area contributed by atoms with Gasteiger partial charge in [0, 0.05) is 30.5 Å². The fourth-order valence-corrected chi connectivity index (χ4v) is 1.57. The summed E-state index contributed by atoms with van der Waals surface area (Å²) in [6.07, 6.45) is 2.97. The molecule has 0 aliphatic rings. The molecule has 0 saturated carbocycles. The Labute approximate surface area is 125 Å². The molecule has 0 atom stereocenters. The molecule has 5 heteroatoms. The molecular formula is C15H21ClN2O2. The summed E-state index contributed by atoms with van der Waals surface area (Å²) in [4.78, 5) is 13.4. The zero-order chi connectivity index (χ0) is 15.2. The molecule has 20 heavy (non-hydrogen) atoms. The van der Waals surface area contributed by atoms with Crippen LogP contribution in [-0.2, 0) is 4.74 Å². The van der Waals surface area contributed by atoms with Crippen LogP contribution in [0.5, 0.6) is 0 Å². The lowest BCUT2D eigenvalue weighted by atomic mass is 10.2. The normalized spacial score (nSPS) is 11.4. The van der Waals surface area contributed by atoms with Crippen LogP contribution < -0.4 is 10.2 Å². The molecule has 1 N–H and O–H groups in total. The molecule has 1 rings (SSSR count). The van der Waals surface area contributed by atoms with E-state index in [1.165, 1.54) is 0 Å². The topological polar surface area (TPSA) is 41.6 Å². The maximum atomic E-state index is 11.4. The van der Waals surface area contributed by atoms with Crippen LogP contribution in [0.4, 0.5) is 10.5 Å². The van der Waals surface area contributed by atoms with Crippen LogP contribution in [0.3, 0.4) is 0 Å². The van der Waals surface area contributed by atoms with E-state index in [-0.39, 0.29) is 0 Å². The van der Waals surface area contributed by atoms with Gasteiger partial charge in [-0.25, -0.2) is 4.79 Å². The van der Waals surface area contributed by atoms with E-state index in [4.69, 9.17) is 16.3 Å². The molecule has 0 saturated heterocycles. The van der Waals surface area contributed by atoms with Crippen molar-refractivity contribution in [3.8, 4) is 0 Å². The van der Waals surface area contributed by atoms with Gasteiger partial charge in [0.25, 0.3) is 0 Å². The second kappa shape index (κ2) is 7.20. The zero-order valence-electron chi connectivity index (χ0n) is 12.3. The van der Waals surface area contributed by atoms with Crippen LogP contribution in [-0.4, -0.2) is 25.3 Å². The average molecular weight is 297 g/mol. The van der Waals surface area contributed by atoms with Crippen LogP contribution in [0.25, 0.3) is 0 Å². The van der Waals surface area contributed by atoms with E-state index in [9.17, 15) is 4.79 Å². The van der Waals surface area contributed by atoms with Gasteiger partial charge in [0.1, 0.15) is 5.60 Å². The third kappa shape index (κ3) is 6.48. The lowest BCUT2D eigenvalue weighted by molar-refractivity contribution is 0.0552. The summed E-state index contributed by atoms with van der Waals surface area (Å²) >= 11 is 5.84. The number of hydrogen-bond acceptors (Lipinski definition) is 3. The van der Waals surface area contributed by atoms with Crippen molar-refractivity contribution in [1.29, 1.82) is 0 Å². The fraction of sp³-hybridized carbons (Fsp3) is 0.400. The van der Waals surface area contributed by atoms with Gasteiger partial charge in [0.15, 0.2) is 0 Å². The summed E-state index contributed by atoms with van der Waals surface area (Å²) in [6.45, 7) is 6.14. The Bertz CT molecular complexity index is 464. The summed E-state index contributed by atoms with van der Waals surface area (Å²) in [5.41, 5.74) is 0.564. The molecule has 1 amide bonds. The number of alkyl carbamates (subject to hydrolysis) is 1. The molecule has 0 unspecified atom stereocenters. The summed E-state index contributed by atoms with van der Waals surface area (Å²) < 4.78 is 5.11. The molecule has 110 valence electrons. The minimum absolute atomic E-state index is 0.456. The number of nitrogens with zero attached hydrogens (tertiary/aromatic N) is 1. The SMILES string of the molecule is CN(C/C=C/NC(=O)OC(C)(C)C)c1ccc(Cl)cc1. The fourth-order valence-electron chi connectivity index (χ4n) is 1.45. The largest absolute Gasteiger partial charge is 0.444 e. The minimum atomic E-state index is -0.488. The highest BCUT2D eigenvalue weighted by Gasteiger charge is 2.14. The standard InChI is InChI=1S/C15H21ClN2O2/c1-15(2,3)20-14(19)17-10-5-11-18(4)13-8-6-12(16)7-9-13/h5-10H,11H2,1-4H3,(H,17,19)/b10-5+. The number of amides is 1. The Hall–Kier alpha value is -1.68. The zero-order valence-corrected chi connectivity index (χ0v) is 13.1. The van der Waals surface area contributed by atoms with Crippen molar-refractivity contribution >= 4 is 23.4 Å². The maximum Gasteiger partial charge on any atom is 0.411 e. The Morgan fingerprint density at radius 1 is 1.35 bits per heavy atom. The van der Waals surface area contributed by atoms with E-state index < -0.39 is 11.7 Å². The Kier molecular flexibility index (Phi) is 5.89. The number of nitrogens with one attached hydrogen (secondary N) is 1. The molecule has 0 aromatic heterocycles. The van der Waals surface area contributed by atoms with Crippen molar-refractivity contribution in [2.24, 2.45) is 0 Å². The number of benzene rings is 1. The van der Waals surface area contributed by atoms with Crippen LogP contribution in [0.15, 0.2) is 36.5 Å². The molecule has 1 aromatic rings. The third-order valence-electron chi connectivity index (χ3n) is 2.36. The molecule has 0 spiro atoms. The molecule has 0 bridgehead atoms. The second-order valence-electron chi connectivity index (χ2n) is 5.41. The highest BCUT2D eigenvalue weighted by Crippen LogP contribution is 2.16. The van der Waals surface area contributed by atoms with Crippen molar-refractivity contribution in [2.75, 3.05) is 18.5 Å². The smallest absolute Gasteiger partial charge is 0.411 e. The van der Waals surface area contributed by atoms with E-state index >= 15 is 0 Å². The van der Waals surface area contributed by atoms with Gasteiger partial charge in [-0.2, -0.15) is 0 Å². The van der Waals surface area contributed by atoms with Crippen molar-refractivity contribution in [3.05, 3.63) is 41.6 Å². The second-order valence-corrected chi connectivity index (χ2v) is 5.84. The first-order valence-corrected chi connectivity index (χ1v) is 6.77. The van der Waals surface area contributed by atoms with Crippen molar-refractivity contribution in [3.63, 3.8) is 0 Å². The highest BCUT2D eigenvalue weighted by atomic mass is 35.5. The number of rotatable bonds is 4. The first-order valence-electron chi connectivity index (χ1n) is 6.39. The van der Waals surface area contributed by atoms with Gasteiger partial charge in [0.2, 0.25) is 0 Å². The van der Waals surface area contributed by atoms with Crippen molar-refractivity contribution in [1.82, 2.24) is 5.32 Å². The van der Waals surface area contributed by atoms with Crippen LogP contribution in [0, 0.1) is 0 Å². The van der Waals surface area contributed by atoms with Gasteiger partial charge < -0.3 is 9.64 Å². The van der Waals surface area contributed by atoms with Crippen LogP contribution in [0.2, 0.25) is 5.02 Å². The predicted octanol–water partition coefficient (Wildman–Crippen LogP) is 3.81. The molecule has 0 radical (unpaired) electrons. The van der Waals surface area contributed by atoms with E-state index in [1.54, 1.807) is 6.20 Å². The lowest BCUT2D eigenvalue weighted by Gasteiger charge is -2.19. The van der Waals surface area contributed by atoms with E-state index in [0.717, 1.165) is 5.69 Å². The number of halogens is 1. The molecule has 1 aromatic carbocycles. The third-order valence-corrected chi connectivity index (χ3v) is 2.62. The average Bonchev–Trinajstić information content (AvgIpc) is 2.33. The quantitative estimate of drug-likeness (QED) is 0.918. The van der Waals surface area contributed by atoms with E-state index in [0.29, 0.717) is 11.6 Å². The molecule has 0 aliphatic carbocycles. The maximum absolute atomic E-state index is 11.4. The summed E-state index contributed by atoms with van der Waals surface area (Å²) in [5, 5.41) is 3.28. The molecule has 0 aliphatic heterocycles. The van der Waals surface area contributed by atoms with Gasteiger partial charge in [-0.15, -0.1) is 0 Å². The number of ether oxygens (including phenoxy) is 1. The van der Waals surface area contributed by atoms with Gasteiger partial charge in [-0.05, 0) is 51.1 Å². The van der Waals surface area contributed by atoms with E-state index in [1.807, 2.05) is 63.1 Å². The Balaban J connectivity index is 2.37.